The Labute approximate surface area is 132 Å². The number of pyridine rings is 1. The van der Waals surface area contributed by atoms with Crippen LogP contribution in [0.2, 0.25) is 0 Å². The molecular formula is C16H15FN4O2. The van der Waals surface area contributed by atoms with Crippen molar-refractivity contribution in [2.75, 3.05) is 16.8 Å². The number of carbonyl (C=O) groups excluding carboxylic acids is 2. The minimum atomic E-state index is -0.675. The molecule has 3 rings (SSSR count). The first-order valence-electron chi connectivity index (χ1n) is 7.18. The number of hydrogen-bond acceptors (Lipinski definition) is 3. The molecule has 7 heteroatoms. The topological polar surface area (TPSA) is 74.3 Å². The van der Waals surface area contributed by atoms with Crippen molar-refractivity contribution in [1.82, 2.24) is 10.3 Å². The van der Waals surface area contributed by atoms with Crippen LogP contribution in [-0.4, -0.2) is 29.5 Å². The molecule has 0 spiro atoms. The molecule has 2 N–H and O–H groups in total. The van der Waals surface area contributed by atoms with E-state index in [9.17, 15) is 14.0 Å². The lowest BCUT2D eigenvalue weighted by atomic mass is 10.2. The van der Waals surface area contributed by atoms with Gasteiger partial charge in [0.05, 0.1) is 17.6 Å². The van der Waals surface area contributed by atoms with Crippen LogP contribution >= 0.6 is 0 Å². The van der Waals surface area contributed by atoms with E-state index in [1.54, 1.807) is 36.5 Å². The van der Waals surface area contributed by atoms with E-state index in [0.29, 0.717) is 18.7 Å². The maximum atomic E-state index is 13.8. The number of aromatic nitrogens is 1. The number of nitrogens with zero attached hydrogens (tertiary/aromatic N) is 2. The average Bonchev–Trinajstić information content (AvgIpc) is 2.90. The van der Waals surface area contributed by atoms with Gasteiger partial charge in [0.2, 0.25) is 5.91 Å². The molecule has 118 valence electrons. The zero-order valence-corrected chi connectivity index (χ0v) is 12.2. The molecule has 0 saturated carbocycles. The quantitative estimate of drug-likeness (QED) is 0.911. The molecular weight excluding hydrogens is 299 g/mol. The number of halogens is 1. The minimum absolute atomic E-state index is 0.231. The first-order chi connectivity index (χ1) is 11.1. The Morgan fingerprint density at radius 3 is 2.83 bits per heavy atom. The highest BCUT2D eigenvalue weighted by molar-refractivity contribution is 6.02. The van der Waals surface area contributed by atoms with Crippen molar-refractivity contribution in [3.05, 3.63) is 54.6 Å². The lowest BCUT2D eigenvalue weighted by Crippen LogP contribution is -2.43. The summed E-state index contributed by atoms with van der Waals surface area (Å²) < 4.78 is 13.8. The van der Waals surface area contributed by atoms with E-state index in [1.165, 1.54) is 17.2 Å². The van der Waals surface area contributed by atoms with Crippen molar-refractivity contribution in [3.63, 3.8) is 0 Å². The fourth-order valence-corrected chi connectivity index (χ4v) is 2.49. The number of amides is 3. The Hall–Kier alpha value is -2.96. The second kappa shape index (κ2) is 6.43. The number of para-hydroxylation sites is 1. The Balaban J connectivity index is 1.63. The summed E-state index contributed by atoms with van der Waals surface area (Å²) in [6.07, 6.45) is 3.52. The highest BCUT2D eigenvalue weighted by atomic mass is 19.1. The van der Waals surface area contributed by atoms with Gasteiger partial charge in [-0.15, -0.1) is 0 Å². The van der Waals surface area contributed by atoms with Gasteiger partial charge in [0.25, 0.3) is 0 Å². The van der Waals surface area contributed by atoms with E-state index in [2.05, 4.69) is 15.6 Å². The van der Waals surface area contributed by atoms with Crippen LogP contribution < -0.4 is 15.5 Å². The minimum Gasteiger partial charge on any atom is -0.326 e. The molecule has 1 unspecified atom stereocenters. The van der Waals surface area contributed by atoms with Crippen molar-refractivity contribution in [2.24, 2.45) is 0 Å². The smallest absolute Gasteiger partial charge is 0.319 e. The predicted molar refractivity (Wildman–Crippen MR) is 83.5 cm³/mol. The van der Waals surface area contributed by atoms with Crippen LogP contribution in [0.15, 0.2) is 48.8 Å². The zero-order chi connectivity index (χ0) is 16.2. The van der Waals surface area contributed by atoms with Gasteiger partial charge in [-0.2, -0.15) is 0 Å². The molecule has 1 atom stereocenters. The number of carbonyl (C=O) groups is 2. The monoisotopic (exact) mass is 314 g/mol. The Kier molecular flexibility index (Phi) is 4.18. The lowest BCUT2D eigenvalue weighted by Gasteiger charge is -2.18. The molecule has 23 heavy (non-hydrogen) atoms. The third-order valence-electron chi connectivity index (χ3n) is 3.57. The van der Waals surface area contributed by atoms with Gasteiger partial charge in [0.15, 0.2) is 0 Å². The molecule has 1 aliphatic rings. The second-order valence-corrected chi connectivity index (χ2v) is 5.12. The second-order valence-electron chi connectivity index (χ2n) is 5.12. The summed E-state index contributed by atoms with van der Waals surface area (Å²) in [5.41, 5.74) is 0.760. The first-order valence-corrected chi connectivity index (χ1v) is 7.18. The fraction of sp³-hybridized carbons (Fsp3) is 0.188. The van der Waals surface area contributed by atoms with Crippen LogP contribution in [0.25, 0.3) is 0 Å². The summed E-state index contributed by atoms with van der Waals surface area (Å²) in [5, 5.41) is 5.20. The lowest BCUT2D eigenvalue weighted by molar-refractivity contribution is -0.118. The van der Waals surface area contributed by atoms with Crippen molar-refractivity contribution < 1.29 is 14.0 Å². The van der Waals surface area contributed by atoms with Gasteiger partial charge in [-0.25, -0.2) is 9.18 Å². The van der Waals surface area contributed by atoms with Crippen LogP contribution in [0.4, 0.5) is 20.6 Å². The van der Waals surface area contributed by atoms with Crippen LogP contribution in [0, 0.1) is 5.82 Å². The highest BCUT2D eigenvalue weighted by Gasteiger charge is 2.34. The summed E-state index contributed by atoms with van der Waals surface area (Å²) in [4.78, 5) is 29.5. The van der Waals surface area contributed by atoms with Crippen LogP contribution in [0.1, 0.15) is 6.42 Å². The number of anilines is 2. The van der Waals surface area contributed by atoms with Crippen LogP contribution in [0.3, 0.4) is 0 Å². The molecule has 3 amide bonds. The first kappa shape index (κ1) is 15.0. The van der Waals surface area contributed by atoms with E-state index >= 15 is 0 Å². The van der Waals surface area contributed by atoms with E-state index < -0.39 is 17.9 Å². The summed E-state index contributed by atoms with van der Waals surface area (Å²) >= 11 is 0. The molecule has 1 aromatic carbocycles. The molecule has 0 aliphatic carbocycles. The number of rotatable bonds is 3. The third-order valence-corrected chi connectivity index (χ3v) is 3.57. The van der Waals surface area contributed by atoms with Crippen molar-refractivity contribution in [3.8, 4) is 0 Å². The average molecular weight is 314 g/mol. The van der Waals surface area contributed by atoms with Crippen molar-refractivity contribution in [2.45, 2.75) is 12.5 Å². The van der Waals surface area contributed by atoms with E-state index in [0.717, 1.165) is 0 Å². The normalized spacial score (nSPS) is 17.2. The highest BCUT2D eigenvalue weighted by Crippen LogP contribution is 2.24. The molecule has 0 radical (unpaired) electrons. The van der Waals surface area contributed by atoms with Gasteiger partial charge in [0, 0.05) is 12.7 Å². The summed E-state index contributed by atoms with van der Waals surface area (Å²) in [6, 6.07) is 8.30. The van der Waals surface area contributed by atoms with Gasteiger partial charge in [-0.1, -0.05) is 12.1 Å². The summed E-state index contributed by atoms with van der Waals surface area (Å²) in [7, 11) is 0. The van der Waals surface area contributed by atoms with E-state index in [4.69, 9.17) is 0 Å². The summed E-state index contributed by atoms with van der Waals surface area (Å²) in [5.74, 6) is -0.780. The molecule has 1 saturated heterocycles. The van der Waals surface area contributed by atoms with Gasteiger partial charge in [-0.05, 0) is 30.7 Å². The number of urea groups is 1. The molecule has 6 nitrogen and oxygen atoms in total. The van der Waals surface area contributed by atoms with Crippen LogP contribution in [-0.2, 0) is 4.79 Å². The molecule has 1 aliphatic heterocycles. The molecule has 2 aromatic rings. The Morgan fingerprint density at radius 2 is 2.09 bits per heavy atom. The van der Waals surface area contributed by atoms with Gasteiger partial charge >= 0.3 is 6.03 Å². The largest absolute Gasteiger partial charge is 0.326 e. The molecule has 2 heterocycles. The molecule has 1 fully saturated rings. The fourth-order valence-electron chi connectivity index (χ4n) is 2.49. The van der Waals surface area contributed by atoms with Crippen molar-refractivity contribution >= 4 is 23.3 Å². The standard InChI is InChI=1S/C16H15FN4O2/c17-12-5-1-2-6-14(12)21-9-7-13(15(21)22)20-16(23)19-11-4-3-8-18-10-11/h1-6,8,10,13H,7,9H2,(H2,19,20,23). The van der Waals surface area contributed by atoms with Gasteiger partial charge < -0.3 is 15.5 Å². The Morgan fingerprint density at radius 1 is 1.26 bits per heavy atom. The number of benzene rings is 1. The predicted octanol–water partition coefficient (Wildman–Crippen LogP) is 2.15. The van der Waals surface area contributed by atoms with Crippen molar-refractivity contribution in [1.29, 1.82) is 0 Å². The van der Waals surface area contributed by atoms with Gasteiger partial charge in [0.1, 0.15) is 11.9 Å². The SMILES string of the molecule is O=C(Nc1cccnc1)NC1CCN(c2ccccc2F)C1=O. The van der Waals surface area contributed by atoms with Gasteiger partial charge in [-0.3, -0.25) is 9.78 Å². The number of hydrogen-bond donors (Lipinski definition) is 2. The third kappa shape index (κ3) is 3.28. The maximum absolute atomic E-state index is 13.8. The zero-order valence-electron chi connectivity index (χ0n) is 12.2. The Bertz CT molecular complexity index is 723. The van der Waals surface area contributed by atoms with E-state index in [1.807, 2.05) is 0 Å². The molecule has 0 bridgehead atoms. The maximum Gasteiger partial charge on any atom is 0.319 e. The van der Waals surface area contributed by atoms with E-state index in [-0.39, 0.29) is 11.6 Å². The number of nitrogens with one attached hydrogen (secondary N) is 2. The molecule has 1 aromatic heterocycles. The van der Waals surface area contributed by atoms with Crippen LogP contribution in [0.5, 0.6) is 0 Å². The summed E-state index contributed by atoms with van der Waals surface area (Å²) in [6.45, 7) is 0.359.